The third-order valence-corrected chi connectivity index (χ3v) is 8.85. The number of thioether (sulfide) groups is 1. The molecule has 8 nitrogen and oxygen atoms in total. The second-order valence-corrected chi connectivity index (χ2v) is 11.6. The SMILES string of the molecule is CCn1c(CCCOc2ccc(Cl)cc2C)nnc1SCC(=O)Nc1sc2c(c1C(=O)OC)CCCCC2. The summed E-state index contributed by atoms with van der Waals surface area (Å²) in [6.45, 7) is 5.26. The van der Waals surface area contributed by atoms with Gasteiger partial charge in [0.05, 0.1) is 25.0 Å². The summed E-state index contributed by atoms with van der Waals surface area (Å²) in [7, 11) is 1.38. The van der Waals surface area contributed by atoms with Crippen LogP contribution < -0.4 is 10.1 Å². The van der Waals surface area contributed by atoms with E-state index in [1.54, 1.807) is 0 Å². The van der Waals surface area contributed by atoms with Crippen molar-refractivity contribution in [3.05, 3.63) is 50.6 Å². The molecule has 204 valence electrons. The number of carbonyl (C=O) groups is 2. The lowest BCUT2D eigenvalue weighted by Gasteiger charge is -2.10. The zero-order valence-corrected chi connectivity index (χ0v) is 24.4. The Morgan fingerprint density at radius 3 is 2.79 bits per heavy atom. The number of nitrogens with zero attached hydrogens (tertiary/aromatic N) is 3. The molecule has 0 bridgehead atoms. The van der Waals surface area contributed by atoms with Crippen LogP contribution in [0.5, 0.6) is 5.75 Å². The number of anilines is 1. The number of halogens is 1. The van der Waals surface area contributed by atoms with Crippen LogP contribution in [0.1, 0.15) is 64.8 Å². The van der Waals surface area contributed by atoms with Gasteiger partial charge in [-0.15, -0.1) is 21.5 Å². The van der Waals surface area contributed by atoms with Crippen molar-refractivity contribution in [3.8, 4) is 5.75 Å². The molecular weight excluding hydrogens is 544 g/mol. The normalized spacial score (nSPS) is 13.1. The lowest BCUT2D eigenvalue weighted by atomic mass is 10.1. The summed E-state index contributed by atoms with van der Waals surface area (Å²) in [6.07, 6.45) is 6.55. The molecule has 1 aliphatic carbocycles. The van der Waals surface area contributed by atoms with E-state index in [0.717, 1.165) is 61.2 Å². The van der Waals surface area contributed by atoms with Gasteiger partial charge in [0.25, 0.3) is 0 Å². The largest absolute Gasteiger partial charge is 0.493 e. The molecule has 2 aromatic heterocycles. The molecule has 0 unspecified atom stereocenters. The molecule has 0 fully saturated rings. The van der Waals surface area contributed by atoms with E-state index in [2.05, 4.69) is 15.5 Å². The van der Waals surface area contributed by atoms with Crippen LogP contribution in [-0.2, 0) is 35.3 Å². The van der Waals surface area contributed by atoms with Crippen LogP contribution in [0.4, 0.5) is 5.00 Å². The fourth-order valence-corrected chi connectivity index (χ4v) is 6.90. The topological polar surface area (TPSA) is 95.3 Å². The van der Waals surface area contributed by atoms with Crippen LogP contribution in [0.2, 0.25) is 5.02 Å². The Morgan fingerprint density at radius 2 is 2.03 bits per heavy atom. The Bertz CT molecular complexity index is 1290. The number of nitrogens with one attached hydrogen (secondary N) is 1. The number of amides is 1. The number of esters is 1. The highest BCUT2D eigenvalue weighted by molar-refractivity contribution is 7.99. The van der Waals surface area contributed by atoms with E-state index < -0.39 is 5.97 Å². The Morgan fingerprint density at radius 1 is 1.21 bits per heavy atom. The lowest BCUT2D eigenvalue weighted by molar-refractivity contribution is -0.113. The van der Waals surface area contributed by atoms with E-state index in [1.165, 1.54) is 35.1 Å². The van der Waals surface area contributed by atoms with Crippen molar-refractivity contribution in [2.75, 3.05) is 24.8 Å². The monoisotopic (exact) mass is 576 g/mol. The van der Waals surface area contributed by atoms with E-state index in [4.69, 9.17) is 21.1 Å². The number of hydrogen-bond acceptors (Lipinski definition) is 8. The van der Waals surface area contributed by atoms with E-state index in [-0.39, 0.29) is 11.7 Å². The summed E-state index contributed by atoms with van der Waals surface area (Å²) in [5, 5.41) is 13.6. The fourth-order valence-electron chi connectivity index (χ4n) is 4.56. The smallest absolute Gasteiger partial charge is 0.341 e. The van der Waals surface area contributed by atoms with Crippen molar-refractivity contribution < 1.29 is 19.1 Å². The van der Waals surface area contributed by atoms with Crippen LogP contribution in [0, 0.1) is 6.92 Å². The molecule has 1 amide bonds. The number of hydrogen-bond donors (Lipinski definition) is 1. The van der Waals surface area contributed by atoms with Crippen molar-refractivity contribution >= 4 is 51.6 Å². The molecule has 4 rings (SSSR count). The van der Waals surface area contributed by atoms with Crippen molar-refractivity contribution in [2.45, 2.75) is 70.5 Å². The molecule has 0 radical (unpaired) electrons. The second kappa shape index (κ2) is 13.5. The number of aryl methyl sites for hydroxylation is 3. The number of aromatic nitrogens is 3. The Hall–Kier alpha value is -2.56. The third-order valence-electron chi connectivity index (χ3n) is 6.45. The molecule has 0 saturated heterocycles. The minimum Gasteiger partial charge on any atom is -0.493 e. The molecule has 0 spiro atoms. The Labute approximate surface area is 236 Å². The zero-order chi connectivity index (χ0) is 27.1. The molecule has 0 atom stereocenters. The van der Waals surface area contributed by atoms with E-state index in [9.17, 15) is 9.59 Å². The number of fused-ring (bicyclic) bond motifs is 1. The summed E-state index contributed by atoms with van der Waals surface area (Å²) in [5.74, 6) is 1.28. The number of carbonyl (C=O) groups excluding carboxylic acids is 2. The van der Waals surface area contributed by atoms with Gasteiger partial charge in [0.1, 0.15) is 16.6 Å². The molecule has 0 aliphatic heterocycles. The van der Waals surface area contributed by atoms with Crippen molar-refractivity contribution in [1.82, 2.24) is 14.8 Å². The highest BCUT2D eigenvalue weighted by atomic mass is 35.5. The van der Waals surface area contributed by atoms with E-state index in [1.807, 2.05) is 36.6 Å². The fraction of sp³-hybridized carbons (Fsp3) is 0.481. The van der Waals surface area contributed by atoms with Gasteiger partial charge >= 0.3 is 5.97 Å². The molecule has 11 heteroatoms. The maximum atomic E-state index is 12.9. The number of thiophene rings is 1. The molecule has 38 heavy (non-hydrogen) atoms. The van der Waals surface area contributed by atoms with Crippen LogP contribution >= 0.6 is 34.7 Å². The van der Waals surface area contributed by atoms with Crippen molar-refractivity contribution in [2.24, 2.45) is 0 Å². The maximum absolute atomic E-state index is 12.9. The average molecular weight is 577 g/mol. The molecule has 3 aromatic rings. The standard InChI is InChI=1S/C27H33ClN4O4S2/c1-4-32-22(11-8-14-36-20-13-12-18(28)15-17(20)2)30-31-27(32)37-16-23(33)29-25-24(26(34)35-3)19-9-6-5-7-10-21(19)38-25/h12-13,15H,4-11,14,16H2,1-3H3,(H,29,33). The highest BCUT2D eigenvalue weighted by Crippen LogP contribution is 2.38. The van der Waals surface area contributed by atoms with Crippen LogP contribution in [0.25, 0.3) is 0 Å². The summed E-state index contributed by atoms with van der Waals surface area (Å²) < 4.78 is 13.0. The number of ether oxygens (including phenoxy) is 2. The van der Waals surface area contributed by atoms with Gasteiger partial charge in [-0.25, -0.2) is 4.79 Å². The van der Waals surface area contributed by atoms with Gasteiger partial charge in [0.2, 0.25) is 5.91 Å². The van der Waals surface area contributed by atoms with Gasteiger partial charge in [-0.1, -0.05) is 29.8 Å². The van der Waals surface area contributed by atoms with Crippen molar-refractivity contribution in [3.63, 3.8) is 0 Å². The van der Waals surface area contributed by atoms with E-state index in [0.29, 0.717) is 40.3 Å². The molecule has 1 aromatic carbocycles. The molecule has 2 heterocycles. The molecular formula is C27H33ClN4O4S2. The number of rotatable bonds is 11. The van der Waals surface area contributed by atoms with E-state index >= 15 is 0 Å². The predicted molar refractivity (Wildman–Crippen MR) is 152 cm³/mol. The van der Waals surface area contributed by atoms with Crippen molar-refractivity contribution in [1.29, 1.82) is 0 Å². The van der Waals surface area contributed by atoms with Gasteiger partial charge in [0.15, 0.2) is 5.16 Å². The summed E-state index contributed by atoms with van der Waals surface area (Å²) >= 11 is 8.85. The van der Waals surface area contributed by atoms with Crippen LogP contribution in [0.15, 0.2) is 23.4 Å². The summed E-state index contributed by atoms with van der Waals surface area (Å²) in [6, 6.07) is 5.59. The first-order valence-corrected chi connectivity index (χ1v) is 15.1. The van der Waals surface area contributed by atoms with Crippen LogP contribution in [0.3, 0.4) is 0 Å². The molecule has 1 N–H and O–H groups in total. The predicted octanol–water partition coefficient (Wildman–Crippen LogP) is 6.12. The first-order valence-electron chi connectivity index (χ1n) is 12.9. The quantitative estimate of drug-likeness (QED) is 0.127. The van der Waals surface area contributed by atoms with Gasteiger partial charge in [-0.2, -0.15) is 0 Å². The molecule has 0 saturated carbocycles. The van der Waals surface area contributed by atoms with Crippen LogP contribution in [-0.4, -0.2) is 46.1 Å². The van der Waals surface area contributed by atoms with Gasteiger partial charge in [0, 0.05) is 22.9 Å². The van der Waals surface area contributed by atoms with Gasteiger partial charge < -0.3 is 19.4 Å². The summed E-state index contributed by atoms with van der Waals surface area (Å²) in [5.41, 5.74) is 2.55. The Balaban J connectivity index is 1.33. The Kier molecular flexibility index (Phi) is 10.1. The zero-order valence-electron chi connectivity index (χ0n) is 22.0. The number of benzene rings is 1. The van der Waals surface area contributed by atoms with Gasteiger partial charge in [-0.05, 0) is 75.3 Å². The lowest BCUT2D eigenvalue weighted by Crippen LogP contribution is -2.17. The second-order valence-electron chi connectivity index (χ2n) is 9.10. The first kappa shape index (κ1) is 28.4. The first-order chi connectivity index (χ1) is 18.4. The third kappa shape index (κ3) is 6.90. The minimum absolute atomic E-state index is 0.167. The summed E-state index contributed by atoms with van der Waals surface area (Å²) in [4.78, 5) is 26.6. The minimum atomic E-state index is -0.391. The average Bonchev–Trinajstić information content (AvgIpc) is 3.37. The highest BCUT2D eigenvalue weighted by Gasteiger charge is 2.26. The van der Waals surface area contributed by atoms with Gasteiger partial charge in [-0.3, -0.25) is 4.79 Å². The number of methoxy groups -OCH3 is 1. The molecule has 1 aliphatic rings. The maximum Gasteiger partial charge on any atom is 0.341 e.